The summed E-state index contributed by atoms with van der Waals surface area (Å²) in [6.07, 6.45) is 5.64. The molecule has 0 saturated heterocycles. The van der Waals surface area contributed by atoms with E-state index in [1.165, 1.54) is 0 Å². The quantitative estimate of drug-likeness (QED) is 0.762. The standard InChI is InChI=1S/C18H19BrN2O2/c1-21-15-10-20-14-4-3-11(19)9-13(14)16(15)18(17(21)22)7-5-12(23-2)6-8-18/h3-4,9-10,12H,5-8H2,1-2H3. The average Bonchev–Trinajstić information content (AvgIpc) is 2.78. The molecular formula is C18H19BrN2O2. The summed E-state index contributed by atoms with van der Waals surface area (Å²) in [6, 6.07) is 6.10. The summed E-state index contributed by atoms with van der Waals surface area (Å²) in [5, 5.41) is 1.09. The monoisotopic (exact) mass is 374 g/mol. The van der Waals surface area contributed by atoms with Crippen LogP contribution >= 0.6 is 15.9 Å². The number of amides is 1. The van der Waals surface area contributed by atoms with Crippen molar-refractivity contribution in [3.63, 3.8) is 0 Å². The van der Waals surface area contributed by atoms with E-state index in [0.717, 1.165) is 52.3 Å². The van der Waals surface area contributed by atoms with Crippen molar-refractivity contribution in [2.45, 2.75) is 37.2 Å². The number of rotatable bonds is 1. The topological polar surface area (TPSA) is 42.4 Å². The number of carbonyl (C=O) groups excluding carboxylic acids is 1. The lowest BCUT2D eigenvalue weighted by molar-refractivity contribution is -0.125. The molecule has 1 aliphatic heterocycles. The number of hydrogen-bond donors (Lipinski definition) is 0. The summed E-state index contributed by atoms with van der Waals surface area (Å²) in [4.78, 5) is 19.4. The molecule has 2 heterocycles. The van der Waals surface area contributed by atoms with Crippen LogP contribution in [0.1, 0.15) is 31.2 Å². The molecule has 4 rings (SSSR count). The minimum Gasteiger partial charge on any atom is -0.381 e. The first-order chi connectivity index (χ1) is 11.1. The summed E-state index contributed by atoms with van der Waals surface area (Å²) in [6.45, 7) is 0. The third kappa shape index (κ3) is 2.06. The maximum absolute atomic E-state index is 13.1. The number of hydrogen-bond acceptors (Lipinski definition) is 3. The molecule has 1 aliphatic carbocycles. The summed E-state index contributed by atoms with van der Waals surface area (Å²) in [5.41, 5.74) is 2.65. The Morgan fingerprint density at radius 3 is 2.78 bits per heavy atom. The number of fused-ring (bicyclic) bond motifs is 4. The second-order valence-corrected chi connectivity index (χ2v) is 7.48. The zero-order valence-electron chi connectivity index (χ0n) is 13.3. The summed E-state index contributed by atoms with van der Waals surface area (Å²) < 4.78 is 6.52. The van der Waals surface area contributed by atoms with E-state index in [9.17, 15) is 4.79 Å². The molecular weight excluding hydrogens is 356 g/mol. The molecule has 1 spiro atoms. The molecule has 1 aromatic heterocycles. The second kappa shape index (κ2) is 5.28. The number of aromatic nitrogens is 1. The molecule has 120 valence electrons. The minimum absolute atomic E-state index is 0.205. The van der Waals surface area contributed by atoms with Gasteiger partial charge in [-0.2, -0.15) is 0 Å². The fourth-order valence-corrected chi connectivity index (χ4v) is 4.59. The van der Waals surface area contributed by atoms with Crippen molar-refractivity contribution in [3.8, 4) is 0 Å². The molecule has 4 nitrogen and oxygen atoms in total. The first-order valence-electron chi connectivity index (χ1n) is 7.96. The number of likely N-dealkylation sites (N-methyl/N-ethyl adjacent to an activating group) is 1. The molecule has 2 aromatic rings. The average molecular weight is 375 g/mol. The van der Waals surface area contributed by atoms with Crippen LogP contribution < -0.4 is 4.90 Å². The zero-order valence-corrected chi connectivity index (χ0v) is 14.9. The molecule has 0 unspecified atom stereocenters. The van der Waals surface area contributed by atoms with Gasteiger partial charge in [0.2, 0.25) is 5.91 Å². The van der Waals surface area contributed by atoms with Gasteiger partial charge in [-0.15, -0.1) is 0 Å². The highest BCUT2D eigenvalue weighted by molar-refractivity contribution is 9.10. The van der Waals surface area contributed by atoms with Crippen molar-refractivity contribution in [1.82, 2.24) is 4.98 Å². The van der Waals surface area contributed by atoms with Crippen LogP contribution in [-0.2, 0) is 14.9 Å². The van der Waals surface area contributed by atoms with Crippen LogP contribution in [0.2, 0.25) is 0 Å². The Labute approximate surface area is 144 Å². The van der Waals surface area contributed by atoms with E-state index in [0.29, 0.717) is 0 Å². The predicted octanol–water partition coefficient (Wildman–Crippen LogP) is 3.80. The smallest absolute Gasteiger partial charge is 0.237 e. The summed E-state index contributed by atoms with van der Waals surface area (Å²) in [7, 11) is 3.62. The van der Waals surface area contributed by atoms with Gasteiger partial charge >= 0.3 is 0 Å². The maximum atomic E-state index is 13.1. The van der Waals surface area contributed by atoms with Crippen molar-refractivity contribution < 1.29 is 9.53 Å². The Balaban J connectivity index is 1.94. The van der Waals surface area contributed by atoms with Gasteiger partial charge in [0.15, 0.2) is 0 Å². The molecule has 1 aromatic carbocycles. The van der Waals surface area contributed by atoms with Gasteiger partial charge in [-0.3, -0.25) is 9.78 Å². The second-order valence-electron chi connectivity index (χ2n) is 6.56. The highest BCUT2D eigenvalue weighted by Gasteiger charge is 2.52. The predicted molar refractivity (Wildman–Crippen MR) is 93.8 cm³/mol. The largest absolute Gasteiger partial charge is 0.381 e. The van der Waals surface area contributed by atoms with Crippen molar-refractivity contribution in [1.29, 1.82) is 0 Å². The van der Waals surface area contributed by atoms with Crippen LogP contribution in [0.5, 0.6) is 0 Å². The van der Waals surface area contributed by atoms with Gasteiger partial charge in [0.25, 0.3) is 0 Å². The molecule has 0 radical (unpaired) electrons. The van der Waals surface area contributed by atoms with E-state index in [1.54, 1.807) is 12.0 Å². The molecule has 5 heteroatoms. The Hall–Kier alpha value is -1.46. The van der Waals surface area contributed by atoms with E-state index < -0.39 is 5.41 Å². The normalized spacial score (nSPS) is 27.0. The van der Waals surface area contributed by atoms with Gasteiger partial charge < -0.3 is 9.64 Å². The van der Waals surface area contributed by atoms with E-state index in [4.69, 9.17) is 4.74 Å². The van der Waals surface area contributed by atoms with Gasteiger partial charge in [-0.05, 0) is 43.9 Å². The van der Waals surface area contributed by atoms with E-state index in [2.05, 4.69) is 27.0 Å². The van der Waals surface area contributed by atoms with Crippen molar-refractivity contribution >= 4 is 38.4 Å². The number of ether oxygens (including phenoxy) is 1. The van der Waals surface area contributed by atoms with Crippen molar-refractivity contribution in [3.05, 3.63) is 34.4 Å². The van der Waals surface area contributed by atoms with E-state index >= 15 is 0 Å². The van der Waals surface area contributed by atoms with Crippen LogP contribution in [-0.4, -0.2) is 31.2 Å². The number of nitrogens with zero attached hydrogens (tertiary/aromatic N) is 2. The molecule has 2 aliphatic rings. The lowest BCUT2D eigenvalue weighted by Crippen LogP contribution is -2.42. The SMILES string of the molecule is COC1CCC2(CC1)C(=O)N(C)c1cnc3ccc(Br)cc3c12. The first kappa shape index (κ1) is 15.1. The first-order valence-corrected chi connectivity index (χ1v) is 8.76. The highest BCUT2D eigenvalue weighted by Crippen LogP contribution is 2.52. The maximum Gasteiger partial charge on any atom is 0.237 e. The van der Waals surface area contributed by atoms with Gasteiger partial charge in [0, 0.05) is 29.6 Å². The van der Waals surface area contributed by atoms with Crippen LogP contribution in [0, 0.1) is 0 Å². The Kier molecular flexibility index (Phi) is 3.46. The molecule has 1 amide bonds. The number of benzene rings is 1. The molecule has 0 atom stereocenters. The van der Waals surface area contributed by atoms with Crippen LogP contribution in [0.4, 0.5) is 5.69 Å². The molecule has 0 N–H and O–H groups in total. The third-order valence-corrected chi connectivity index (χ3v) is 5.98. The van der Waals surface area contributed by atoms with E-state index in [-0.39, 0.29) is 12.0 Å². The number of halogens is 1. The number of pyridine rings is 1. The van der Waals surface area contributed by atoms with Crippen LogP contribution in [0.3, 0.4) is 0 Å². The Morgan fingerprint density at radius 2 is 2.09 bits per heavy atom. The lowest BCUT2D eigenvalue weighted by Gasteiger charge is -2.36. The third-order valence-electron chi connectivity index (χ3n) is 5.48. The zero-order chi connectivity index (χ0) is 16.2. The van der Waals surface area contributed by atoms with Crippen LogP contribution in [0.15, 0.2) is 28.9 Å². The Morgan fingerprint density at radius 1 is 1.35 bits per heavy atom. The molecule has 1 fully saturated rings. The van der Waals surface area contributed by atoms with Gasteiger partial charge in [0.05, 0.1) is 28.9 Å². The number of methoxy groups -OCH3 is 1. The lowest BCUT2D eigenvalue weighted by atomic mass is 9.68. The Bertz CT molecular complexity index is 797. The summed E-state index contributed by atoms with van der Waals surface area (Å²) in [5.74, 6) is 0.205. The minimum atomic E-state index is -0.416. The molecule has 23 heavy (non-hydrogen) atoms. The molecule has 0 bridgehead atoms. The van der Waals surface area contributed by atoms with Gasteiger partial charge in [-0.1, -0.05) is 15.9 Å². The van der Waals surface area contributed by atoms with Crippen LogP contribution in [0.25, 0.3) is 10.9 Å². The number of carbonyl (C=O) groups is 1. The highest BCUT2D eigenvalue weighted by atomic mass is 79.9. The summed E-state index contributed by atoms with van der Waals surface area (Å²) >= 11 is 3.56. The van der Waals surface area contributed by atoms with E-state index in [1.807, 2.05) is 25.4 Å². The fourth-order valence-electron chi connectivity index (χ4n) is 4.23. The van der Waals surface area contributed by atoms with Gasteiger partial charge in [0.1, 0.15) is 0 Å². The van der Waals surface area contributed by atoms with Crippen molar-refractivity contribution in [2.75, 3.05) is 19.1 Å². The fraction of sp³-hybridized carbons (Fsp3) is 0.444. The van der Waals surface area contributed by atoms with Crippen molar-refractivity contribution in [2.24, 2.45) is 0 Å². The molecule has 1 saturated carbocycles. The van der Waals surface area contributed by atoms with Gasteiger partial charge in [-0.25, -0.2) is 0 Å². The number of anilines is 1.